The first-order valence-corrected chi connectivity index (χ1v) is 5.97. The lowest BCUT2D eigenvalue weighted by Gasteiger charge is -2.22. The van der Waals surface area contributed by atoms with Crippen LogP contribution in [0.4, 0.5) is 18.9 Å². The Hall–Kier alpha value is -0.610. The van der Waals surface area contributed by atoms with Crippen molar-refractivity contribution >= 4 is 28.9 Å². The molecule has 0 atom stereocenters. The van der Waals surface area contributed by atoms with Gasteiger partial charge < -0.3 is 4.90 Å². The lowest BCUT2D eigenvalue weighted by atomic mass is 10.1. The van der Waals surface area contributed by atoms with E-state index < -0.39 is 11.7 Å². The van der Waals surface area contributed by atoms with Crippen molar-refractivity contribution in [1.82, 2.24) is 0 Å². The van der Waals surface area contributed by atoms with Crippen molar-refractivity contribution in [3.63, 3.8) is 0 Å². The quantitative estimate of drug-likeness (QED) is 0.727. The standard InChI is InChI=1S/C11H10Cl2F3N/c12-7-3-4-8(17-5-1-2-6-17)10(13)9(7)11(14,15)16/h3-4H,1-2,5-6H2. The Bertz CT molecular complexity index is 425. The SMILES string of the molecule is FC(F)(F)c1c(Cl)ccc(N2CCCC2)c1Cl. The molecule has 1 heterocycles. The molecule has 0 unspecified atom stereocenters. The number of hydrogen-bond acceptors (Lipinski definition) is 1. The smallest absolute Gasteiger partial charge is 0.370 e. The highest BCUT2D eigenvalue weighted by molar-refractivity contribution is 6.38. The first kappa shape index (κ1) is 12.8. The largest absolute Gasteiger partial charge is 0.419 e. The zero-order chi connectivity index (χ0) is 12.6. The molecule has 0 aromatic heterocycles. The van der Waals surface area contributed by atoms with Crippen molar-refractivity contribution in [3.05, 3.63) is 27.7 Å². The van der Waals surface area contributed by atoms with Crippen LogP contribution in [-0.2, 0) is 6.18 Å². The molecule has 0 saturated carbocycles. The van der Waals surface area contributed by atoms with Gasteiger partial charge in [-0.15, -0.1) is 0 Å². The minimum absolute atomic E-state index is 0.299. The van der Waals surface area contributed by atoms with E-state index in [9.17, 15) is 13.2 Å². The molecule has 1 aliphatic heterocycles. The second kappa shape index (κ2) is 4.58. The van der Waals surface area contributed by atoms with Crippen molar-refractivity contribution in [3.8, 4) is 0 Å². The minimum atomic E-state index is -4.52. The van der Waals surface area contributed by atoms with Crippen LogP contribution < -0.4 is 4.90 Å². The summed E-state index contributed by atoms with van der Waals surface area (Å²) in [4.78, 5) is 1.86. The van der Waals surface area contributed by atoms with Crippen LogP contribution in [0.5, 0.6) is 0 Å². The number of halogens is 5. The molecule has 0 bridgehead atoms. The van der Waals surface area contributed by atoms with E-state index in [0.29, 0.717) is 5.69 Å². The molecule has 1 fully saturated rings. The van der Waals surface area contributed by atoms with Crippen molar-refractivity contribution in [1.29, 1.82) is 0 Å². The van der Waals surface area contributed by atoms with E-state index in [2.05, 4.69) is 0 Å². The highest BCUT2D eigenvalue weighted by Gasteiger charge is 2.37. The van der Waals surface area contributed by atoms with Crippen LogP contribution in [0.3, 0.4) is 0 Å². The maximum Gasteiger partial charge on any atom is 0.419 e. The Morgan fingerprint density at radius 1 is 1.06 bits per heavy atom. The van der Waals surface area contributed by atoms with Crippen LogP contribution in [0.25, 0.3) is 0 Å². The van der Waals surface area contributed by atoms with Gasteiger partial charge in [-0.25, -0.2) is 0 Å². The molecule has 0 aliphatic carbocycles. The van der Waals surface area contributed by atoms with Gasteiger partial charge in [0.25, 0.3) is 0 Å². The fourth-order valence-electron chi connectivity index (χ4n) is 2.00. The second-order valence-electron chi connectivity index (χ2n) is 3.95. The Morgan fingerprint density at radius 3 is 2.18 bits per heavy atom. The van der Waals surface area contributed by atoms with E-state index >= 15 is 0 Å². The van der Waals surface area contributed by atoms with Gasteiger partial charge in [-0.1, -0.05) is 23.2 Å². The predicted octanol–water partition coefficient (Wildman–Crippen LogP) is 4.61. The molecule has 0 N–H and O–H groups in total. The Balaban J connectivity index is 2.49. The molecule has 1 nitrogen and oxygen atoms in total. The van der Waals surface area contributed by atoms with Gasteiger partial charge in [-0.05, 0) is 25.0 Å². The molecule has 0 amide bonds. The molecular formula is C11H10Cl2F3N. The zero-order valence-electron chi connectivity index (χ0n) is 8.82. The average Bonchev–Trinajstić information content (AvgIpc) is 2.68. The Morgan fingerprint density at radius 2 is 1.65 bits per heavy atom. The summed E-state index contributed by atoms with van der Waals surface area (Å²) in [5.41, 5.74) is -0.522. The maximum absolute atomic E-state index is 12.8. The minimum Gasteiger partial charge on any atom is -0.370 e. The molecule has 0 spiro atoms. The van der Waals surface area contributed by atoms with Gasteiger partial charge >= 0.3 is 6.18 Å². The second-order valence-corrected chi connectivity index (χ2v) is 4.73. The van der Waals surface area contributed by atoms with E-state index in [1.807, 2.05) is 4.90 Å². The molecule has 1 aromatic rings. The summed E-state index contributed by atoms with van der Waals surface area (Å²) < 4.78 is 38.4. The number of rotatable bonds is 1. The fraction of sp³-hybridized carbons (Fsp3) is 0.455. The maximum atomic E-state index is 12.8. The zero-order valence-corrected chi connectivity index (χ0v) is 10.3. The topological polar surface area (TPSA) is 3.24 Å². The molecule has 2 rings (SSSR count). The summed E-state index contributed by atoms with van der Waals surface area (Å²) in [5, 5.41) is -0.655. The van der Waals surface area contributed by atoms with E-state index in [4.69, 9.17) is 23.2 Å². The van der Waals surface area contributed by atoms with Crippen LogP contribution in [0.15, 0.2) is 12.1 Å². The van der Waals surface area contributed by atoms with Crippen LogP contribution >= 0.6 is 23.2 Å². The highest BCUT2D eigenvalue weighted by atomic mass is 35.5. The number of alkyl halides is 3. The lowest BCUT2D eigenvalue weighted by Crippen LogP contribution is -2.19. The highest BCUT2D eigenvalue weighted by Crippen LogP contribution is 2.44. The first-order valence-electron chi connectivity index (χ1n) is 5.21. The number of nitrogens with zero attached hydrogens (tertiary/aromatic N) is 1. The summed E-state index contributed by atoms with van der Waals surface area (Å²) in [7, 11) is 0. The van der Waals surface area contributed by atoms with E-state index in [0.717, 1.165) is 25.9 Å². The molecule has 1 aromatic carbocycles. The summed E-state index contributed by atoms with van der Waals surface area (Å²) >= 11 is 11.4. The summed E-state index contributed by atoms with van der Waals surface area (Å²) in [6.45, 7) is 1.47. The van der Waals surface area contributed by atoms with Gasteiger partial charge in [-0.3, -0.25) is 0 Å². The Labute approximate surface area is 107 Å². The first-order chi connectivity index (χ1) is 7.91. The van der Waals surface area contributed by atoms with Crippen LogP contribution in [0.2, 0.25) is 10.0 Å². The van der Waals surface area contributed by atoms with E-state index in [1.54, 1.807) is 6.07 Å². The molecular weight excluding hydrogens is 274 g/mol. The normalized spacial score (nSPS) is 16.6. The number of hydrogen-bond donors (Lipinski definition) is 0. The number of anilines is 1. The van der Waals surface area contributed by atoms with Crippen molar-refractivity contribution in [2.75, 3.05) is 18.0 Å². The lowest BCUT2D eigenvalue weighted by molar-refractivity contribution is -0.137. The summed E-state index contributed by atoms with van der Waals surface area (Å²) in [6.07, 6.45) is -2.58. The van der Waals surface area contributed by atoms with E-state index in [-0.39, 0.29) is 10.0 Å². The van der Waals surface area contributed by atoms with Gasteiger partial charge in [0.2, 0.25) is 0 Å². The molecule has 6 heteroatoms. The van der Waals surface area contributed by atoms with Crippen molar-refractivity contribution in [2.45, 2.75) is 19.0 Å². The molecule has 1 aliphatic rings. The monoisotopic (exact) mass is 283 g/mol. The van der Waals surface area contributed by atoms with Gasteiger partial charge in [0.1, 0.15) is 0 Å². The van der Waals surface area contributed by atoms with Crippen molar-refractivity contribution in [2.24, 2.45) is 0 Å². The Kier molecular flexibility index (Phi) is 3.46. The van der Waals surface area contributed by atoms with Crippen LogP contribution in [-0.4, -0.2) is 13.1 Å². The third-order valence-corrected chi connectivity index (χ3v) is 3.50. The van der Waals surface area contributed by atoms with Crippen LogP contribution in [0, 0.1) is 0 Å². The van der Waals surface area contributed by atoms with Crippen LogP contribution in [0.1, 0.15) is 18.4 Å². The van der Waals surface area contributed by atoms with Gasteiger partial charge in [0.05, 0.1) is 21.3 Å². The van der Waals surface area contributed by atoms with Gasteiger partial charge in [0, 0.05) is 13.1 Å². The van der Waals surface area contributed by atoms with E-state index in [1.165, 1.54) is 6.07 Å². The van der Waals surface area contributed by atoms with Gasteiger partial charge in [-0.2, -0.15) is 13.2 Å². The van der Waals surface area contributed by atoms with Crippen molar-refractivity contribution < 1.29 is 13.2 Å². The third kappa shape index (κ3) is 2.47. The molecule has 1 saturated heterocycles. The molecule has 17 heavy (non-hydrogen) atoms. The summed E-state index contributed by atoms with van der Waals surface area (Å²) in [6, 6.07) is 2.80. The average molecular weight is 284 g/mol. The molecule has 94 valence electrons. The predicted molar refractivity (Wildman–Crippen MR) is 62.9 cm³/mol. The molecule has 0 radical (unpaired) electrons. The fourth-order valence-corrected chi connectivity index (χ4v) is 2.71. The number of benzene rings is 1. The summed E-state index contributed by atoms with van der Waals surface area (Å²) in [5.74, 6) is 0. The third-order valence-electron chi connectivity index (χ3n) is 2.80. The van der Waals surface area contributed by atoms with Gasteiger partial charge in [0.15, 0.2) is 0 Å².